The summed E-state index contributed by atoms with van der Waals surface area (Å²) in [6.07, 6.45) is 1.44. The number of nitrogens with zero attached hydrogens (tertiary/aromatic N) is 1. The van der Waals surface area contributed by atoms with Gasteiger partial charge in [0.15, 0.2) is 11.5 Å². The fraction of sp³-hybridized carbons (Fsp3) is 0.176. The molecule has 0 aliphatic heterocycles. The van der Waals surface area contributed by atoms with E-state index >= 15 is 0 Å². The number of oxazole rings is 1. The van der Waals surface area contributed by atoms with Crippen LogP contribution in [0.4, 0.5) is 10.1 Å². The molecule has 22 heavy (non-hydrogen) atoms. The third-order valence-corrected chi connectivity index (χ3v) is 3.28. The van der Waals surface area contributed by atoms with Crippen LogP contribution < -0.4 is 5.32 Å². The van der Waals surface area contributed by atoms with E-state index in [1.54, 1.807) is 12.1 Å². The van der Waals surface area contributed by atoms with Gasteiger partial charge in [-0.1, -0.05) is 24.3 Å². The Morgan fingerprint density at radius 2 is 1.91 bits per heavy atom. The van der Waals surface area contributed by atoms with Gasteiger partial charge >= 0.3 is 0 Å². The van der Waals surface area contributed by atoms with Crippen LogP contribution in [0.15, 0.2) is 52.9 Å². The van der Waals surface area contributed by atoms with Crippen LogP contribution in [-0.2, 0) is 11.2 Å². The minimum atomic E-state index is -0.435. The van der Waals surface area contributed by atoms with Crippen molar-refractivity contribution in [3.63, 3.8) is 0 Å². The summed E-state index contributed by atoms with van der Waals surface area (Å²) in [4.78, 5) is 16.1. The Balaban J connectivity index is 1.52. The average molecular weight is 298 g/mol. The summed E-state index contributed by atoms with van der Waals surface area (Å²) in [6, 6.07) is 13.6. The molecule has 0 radical (unpaired) electrons. The van der Waals surface area contributed by atoms with Crippen LogP contribution in [0.1, 0.15) is 18.7 Å². The number of benzene rings is 2. The number of nitrogens with one attached hydrogen (secondary N) is 1. The number of hydrogen-bond acceptors (Lipinski definition) is 3. The maximum Gasteiger partial charge on any atom is 0.224 e. The van der Waals surface area contributed by atoms with Crippen molar-refractivity contribution in [3.8, 4) is 0 Å². The Hall–Kier alpha value is -2.69. The molecule has 0 bridgehead atoms. The third kappa shape index (κ3) is 3.31. The van der Waals surface area contributed by atoms with E-state index in [9.17, 15) is 9.18 Å². The van der Waals surface area contributed by atoms with E-state index in [1.165, 1.54) is 12.1 Å². The molecule has 0 aliphatic carbocycles. The number of rotatable bonds is 5. The molecule has 3 rings (SSSR count). The number of aryl methyl sites for hydroxylation is 1. The highest BCUT2D eigenvalue weighted by atomic mass is 19.1. The van der Waals surface area contributed by atoms with Gasteiger partial charge < -0.3 is 9.73 Å². The molecule has 0 saturated heterocycles. The molecule has 0 spiro atoms. The molecule has 0 atom stereocenters. The first-order valence-electron chi connectivity index (χ1n) is 7.11. The second-order valence-corrected chi connectivity index (χ2v) is 4.96. The van der Waals surface area contributed by atoms with Crippen molar-refractivity contribution in [1.29, 1.82) is 0 Å². The SMILES string of the molecule is O=C(CCCc1nc2ccccc2o1)Nc1ccccc1F. The van der Waals surface area contributed by atoms with E-state index in [0.717, 1.165) is 11.1 Å². The Labute approximate surface area is 127 Å². The minimum absolute atomic E-state index is 0.203. The topological polar surface area (TPSA) is 55.1 Å². The fourth-order valence-corrected chi connectivity index (χ4v) is 2.20. The van der Waals surface area contributed by atoms with Crippen LogP contribution in [0.25, 0.3) is 11.1 Å². The Morgan fingerprint density at radius 1 is 1.14 bits per heavy atom. The van der Waals surface area contributed by atoms with E-state index in [0.29, 0.717) is 18.7 Å². The molecular formula is C17H15FN2O2. The zero-order valence-corrected chi connectivity index (χ0v) is 11.9. The summed E-state index contributed by atoms with van der Waals surface area (Å²) in [5, 5.41) is 2.56. The highest BCUT2D eigenvalue weighted by Crippen LogP contribution is 2.17. The second kappa shape index (κ2) is 6.39. The molecule has 0 aliphatic rings. The van der Waals surface area contributed by atoms with Gasteiger partial charge in [0.05, 0.1) is 5.69 Å². The predicted octanol–water partition coefficient (Wildman–Crippen LogP) is 3.93. The van der Waals surface area contributed by atoms with Gasteiger partial charge in [0, 0.05) is 12.8 Å². The quantitative estimate of drug-likeness (QED) is 0.776. The zero-order chi connectivity index (χ0) is 15.4. The van der Waals surface area contributed by atoms with Crippen LogP contribution in [-0.4, -0.2) is 10.9 Å². The minimum Gasteiger partial charge on any atom is -0.441 e. The predicted molar refractivity (Wildman–Crippen MR) is 82.0 cm³/mol. The standard InChI is InChI=1S/C17H15FN2O2/c18-12-6-1-2-7-13(12)19-16(21)10-5-11-17-20-14-8-3-4-9-15(14)22-17/h1-4,6-9H,5,10-11H2,(H,19,21). The molecule has 2 aromatic carbocycles. The van der Waals surface area contributed by atoms with Gasteiger partial charge in [0.1, 0.15) is 11.3 Å². The lowest BCUT2D eigenvalue weighted by molar-refractivity contribution is -0.116. The molecule has 1 heterocycles. The molecule has 1 aromatic heterocycles. The Morgan fingerprint density at radius 3 is 2.73 bits per heavy atom. The molecule has 4 nitrogen and oxygen atoms in total. The van der Waals surface area contributed by atoms with Crippen LogP contribution in [0.2, 0.25) is 0 Å². The zero-order valence-electron chi connectivity index (χ0n) is 11.9. The summed E-state index contributed by atoms with van der Waals surface area (Å²) in [5.41, 5.74) is 1.76. The third-order valence-electron chi connectivity index (χ3n) is 3.28. The molecule has 112 valence electrons. The van der Waals surface area contributed by atoms with E-state index in [2.05, 4.69) is 10.3 Å². The van der Waals surface area contributed by atoms with Gasteiger partial charge in [-0.25, -0.2) is 9.37 Å². The van der Waals surface area contributed by atoms with E-state index in [-0.39, 0.29) is 18.0 Å². The normalized spacial score (nSPS) is 10.8. The van der Waals surface area contributed by atoms with Crippen molar-refractivity contribution >= 4 is 22.7 Å². The van der Waals surface area contributed by atoms with E-state index < -0.39 is 5.82 Å². The smallest absolute Gasteiger partial charge is 0.224 e. The number of para-hydroxylation sites is 3. The fourth-order valence-electron chi connectivity index (χ4n) is 2.20. The van der Waals surface area contributed by atoms with Gasteiger partial charge in [-0.2, -0.15) is 0 Å². The molecular weight excluding hydrogens is 283 g/mol. The molecule has 1 N–H and O–H groups in total. The molecule has 0 saturated carbocycles. The van der Waals surface area contributed by atoms with Gasteiger partial charge in [0.2, 0.25) is 5.91 Å². The summed E-state index contributed by atoms with van der Waals surface area (Å²) in [5.74, 6) is -0.0455. The second-order valence-electron chi connectivity index (χ2n) is 4.96. The van der Waals surface area contributed by atoms with Crippen molar-refractivity contribution in [1.82, 2.24) is 4.98 Å². The van der Waals surface area contributed by atoms with E-state index in [1.807, 2.05) is 24.3 Å². The molecule has 3 aromatic rings. The number of carbonyl (C=O) groups is 1. The maximum atomic E-state index is 13.4. The molecule has 5 heteroatoms. The number of amides is 1. The first-order valence-corrected chi connectivity index (χ1v) is 7.11. The lowest BCUT2D eigenvalue weighted by Crippen LogP contribution is -2.12. The first kappa shape index (κ1) is 14.3. The number of fused-ring (bicyclic) bond motifs is 1. The highest BCUT2D eigenvalue weighted by Gasteiger charge is 2.08. The average Bonchev–Trinajstić information content (AvgIpc) is 2.92. The van der Waals surface area contributed by atoms with Crippen LogP contribution in [0.3, 0.4) is 0 Å². The van der Waals surface area contributed by atoms with Gasteiger partial charge in [-0.05, 0) is 30.7 Å². The van der Waals surface area contributed by atoms with Crippen molar-refractivity contribution in [2.45, 2.75) is 19.3 Å². The molecule has 0 unspecified atom stereocenters. The van der Waals surface area contributed by atoms with Gasteiger partial charge in [-0.15, -0.1) is 0 Å². The summed E-state index contributed by atoms with van der Waals surface area (Å²) >= 11 is 0. The maximum absolute atomic E-state index is 13.4. The Kier molecular flexibility index (Phi) is 4.14. The largest absolute Gasteiger partial charge is 0.441 e. The first-order chi connectivity index (χ1) is 10.7. The molecule has 1 amide bonds. The van der Waals surface area contributed by atoms with Gasteiger partial charge in [-0.3, -0.25) is 4.79 Å². The van der Waals surface area contributed by atoms with Crippen molar-refractivity contribution in [2.75, 3.05) is 5.32 Å². The van der Waals surface area contributed by atoms with E-state index in [4.69, 9.17) is 4.42 Å². The number of hydrogen-bond donors (Lipinski definition) is 1. The van der Waals surface area contributed by atoms with Crippen LogP contribution in [0, 0.1) is 5.82 Å². The van der Waals surface area contributed by atoms with Gasteiger partial charge in [0.25, 0.3) is 0 Å². The summed E-state index contributed by atoms with van der Waals surface area (Å²) in [6.45, 7) is 0. The summed E-state index contributed by atoms with van der Waals surface area (Å²) in [7, 11) is 0. The number of carbonyl (C=O) groups excluding carboxylic acids is 1. The molecule has 0 fully saturated rings. The lowest BCUT2D eigenvalue weighted by atomic mass is 10.2. The summed E-state index contributed by atoms with van der Waals surface area (Å²) < 4.78 is 19.0. The van der Waals surface area contributed by atoms with Crippen molar-refractivity contribution in [2.24, 2.45) is 0 Å². The Bertz CT molecular complexity index is 765. The lowest BCUT2D eigenvalue weighted by Gasteiger charge is -2.05. The van der Waals surface area contributed by atoms with Crippen molar-refractivity contribution in [3.05, 3.63) is 60.2 Å². The van der Waals surface area contributed by atoms with Crippen molar-refractivity contribution < 1.29 is 13.6 Å². The highest BCUT2D eigenvalue weighted by molar-refractivity contribution is 5.90. The van der Waals surface area contributed by atoms with Crippen LogP contribution >= 0.6 is 0 Å². The number of anilines is 1. The number of halogens is 1. The number of aromatic nitrogens is 1. The van der Waals surface area contributed by atoms with Crippen LogP contribution in [0.5, 0.6) is 0 Å². The monoisotopic (exact) mass is 298 g/mol.